The third-order valence-electron chi connectivity index (χ3n) is 4.37. The molecule has 6 nitrogen and oxygen atoms in total. The summed E-state index contributed by atoms with van der Waals surface area (Å²) < 4.78 is 45.5. The van der Waals surface area contributed by atoms with Crippen molar-refractivity contribution in [2.75, 3.05) is 18.0 Å². The Kier molecular flexibility index (Phi) is 4.85. The first-order valence-electron chi connectivity index (χ1n) is 8.24. The zero-order chi connectivity index (χ0) is 19.9. The molecule has 0 spiro atoms. The van der Waals surface area contributed by atoms with Crippen molar-refractivity contribution in [1.82, 2.24) is 13.5 Å². The van der Waals surface area contributed by atoms with Gasteiger partial charge in [-0.1, -0.05) is 0 Å². The summed E-state index contributed by atoms with van der Waals surface area (Å²) in [6.45, 7) is 5.41. The number of halogens is 3. The maximum atomic E-state index is 13.0. The van der Waals surface area contributed by atoms with E-state index < -0.39 is 23.1 Å². The molecule has 3 aromatic rings. The number of benzene rings is 1. The number of hydrogen-bond donors (Lipinski definition) is 0. The second-order valence-corrected chi connectivity index (χ2v) is 6.71. The van der Waals surface area contributed by atoms with E-state index in [1.807, 2.05) is 18.7 Å². The highest BCUT2D eigenvalue weighted by molar-refractivity contribution is 7.13. The highest BCUT2D eigenvalue weighted by Gasteiger charge is 2.35. The molecule has 0 unspecified atom stereocenters. The molecule has 0 saturated heterocycles. The van der Waals surface area contributed by atoms with Gasteiger partial charge in [0.15, 0.2) is 0 Å². The Morgan fingerprint density at radius 2 is 1.81 bits per heavy atom. The largest absolute Gasteiger partial charge is 0.431 e. The lowest BCUT2D eigenvalue weighted by Crippen LogP contribution is -2.40. The van der Waals surface area contributed by atoms with E-state index in [-0.39, 0.29) is 5.69 Å². The van der Waals surface area contributed by atoms with E-state index in [0.717, 1.165) is 40.6 Å². The predicted octanol–water partition coefficient (Wildman–Crippen LogP) is 3.01. The number of nitrogens with zero attached hydrogens (tertiary/aromatic N) is 4. The molecular weight excluding hydrogens is 381 g/mol. The fourth-order valence-electron chi connectivity index (χ4n) is 2.94. The van der Waals surface area contributed by atoms with Crippen molar-refractivity contribution in [2.45, 2.75) is 20.0 Å². The van der Waals surface area contributed by atoms with E-state index in [1.54, 1.807) is 12.1 Å². The summed E-state index contributed by atoms with van der Waals surface area (Å²) in [5, 5.41) is 0.745. The molecule has 0 bridgehead atoms. The maximum Gasteiger partial charge on any atom is 0.431 e. The number of rotatable bonds is 4. The minimum Gasteiger partial charge on any atom is -0.356 e. The molecule has 10 heteroatoms. The molecule has 144 valence electrons. The average molecular weight is 398 g/mol. The second-order valence-electron chi connectivity index (χ2n) is 5.90. The van der Waals surface area contributed by atoms with Crippen molar-refractivity contribution >= 4 is 27.4 Å². The molecule has 0 saturated carbocycles. The van der Waals surface area contributed by atoms with Crippen LogP contribution in [0.2, 0.25) is 0 Å². The van der Waals surface area contributed by atoms with Gasteiger partial charge in [0, 0.05) is 31.6 Å². The molecule has 1 aromatic carbocycles. The summed E-state index contributed by atoms with van der Waals surface area (Å²) >= 11 is 1.28. The molecule has 0 amide bonds. The van der Waals surface area contributed by atoms with Crippen LogP contribution in [-0.2, 0) is 13.2 Å². The third-order valence-corrected chi connectivity index (χ3v) is 5.18. The standard InChI is InChI=1S/C17H17F3N4O2S/c1-4-23(5-2)15-11-8-10(6-7-12(11)27-21-15)24-14(25)9-13(17(18,19)20)22(3)16(24)26/h6-9H,4-5H2,1-3H3. The van der Waals surface area contributed by atoms with Crippen LogP contribution in [-0.4, -0.2) is 26.6 Å². The quantitative estimate of drug-likeness (QED) is 0.678. The van der Waals surface area contributed by atoms with Crippen molar-refractivity contribution in [3.63, 3.8) is 0 Å². The average Bonchev–Trinajstić information content (AvgIpc) is 3.02. The Morgan fingerprint density at radius 3 is 2.41 bits per heavy atom. The van der Waals surface area contributed by atoms with Gasteiger partial charge in [-0.3, -0.25) is 9.36 Å². The molecule has 0 radical (unpaired) electrons. The third kappa shape index (κ3) is 3.25. The summed E-state index contributed by atoms with van der Waals surface area (Å²) in [4.78, 5) is 26.8. The highest BCUT2D eigenvalue weighted by atomic mass is 32.1. The summed E-state index contributed by atoms with van der Waals surface area (Å²) in [6.07, 6.45) is -4.79. The van der Waals surface area contributed by atoms with Crippen LogP contribution in [0.4, 0.5) is 19.0 Å². The normalized spacial score (nSPS) is 11.9. The summed E-state index contributed by atoms with van der Waals surface area (Å²) in [7, 11) is 0.993. The van der Waals surface area contributed by atoms with Gasteiger partial charge in [-0.05, 0) is 43.6 Å². The number of fused-ring (bicyclic) bond motifs is 1. The van der Waals surface area contributed by atoms with Crippen LogP contribution in [0.15, 0.2) is 33.9 Å². The van der Waals surface area contributed by atoms with E-state index in [9.17, 15) is 22.8 Å². The van der Waals surface area contributed by atoms with Crippen molar-refractivity contribution in [3.8, 4) is 5.69 Å². The van der Waals surface area contributed by atoms with Gasteiger partial charge in [-0.25, -0.2) is 9.36 Å². The van der Waals surface area contributed by atoms with Gasteiger partial charge in [0.05, 0.1) is 10.4 Å². The topological polar surface area (TPSA) is 60.1 Å². The van der Waals surface area contributed by atoms with Crippen LogP contribution in [0.3, 0.4) is 0 Å². The SMILES string of the molecule is CCN(CC)c1nsc2ccc(-n3c(=O)cc(C(F)(F)F)n(C)c3=O)cc12. The van der Waals surface area contributed by atoms with Crippen LogP contribution in [0.5, 0.6) is 0 Å². The predicted molar refractivity (Wildman–Crippen MR) is 99.0 cm³/mol. The van der Waals surface area contributed by atoms with Crippen LogP contribution < -0.4 is 16.1 Å². The van der Waals surface area contributed by atoms with Crippen LogP contribution >= 0.6 is 11.5 Å². The fourth-order valence-corrected chi connectivity index (χ4v) is 3.72. The van der Waals surface area contributed by atoms with Crippen molar-refractivity contribution in [3.05, 3.63) is 50.8 Å². The summed E-state index contributed by atoms with van der Waals surface area (Å²) in [6, 6.07) is 5.28. The minimum absolute atomic E-state index is 0.204. The van der Waals surface area contributed by atoms with Crippen molar-refractivity contribution < 1.29 is 13.2 Å². The minimum atomic E-state index is -4.79. The number of hydrogen-bond acceptors (Lipinski definition) is 5. The van der Waals surface area contributed by atoms with Crippen LogP contribution in [0, 0.1) is 0 Å². The van der Waals surface area contributed by atoms with Gasteiger partial charge < -0.3 is 4.90 Å². The fraction of sp³-hybridized carbons (Fsp3) is 0.353. The molecule has 3 rings (SSSR count). The molecule has 0 N–H and O–H groups in total. The highest BCUT2D eigenvalue weighted by Crippen LogP contribution is 2.31. The van der Waals surface area contributed by atoms with Crippen LogP contribution in [0.1, 0.15) is 19.5 Å². The van der Waals surface area contributed by atoms with E-state index in [4.69, 9.17) is 0 Å². The van der Waals surface area contributed by atoms with Gasteiger partial charge in [-0.15, -0.1) is 0 Å². The van der Waals surface area contributed by atoms with Gasteiger partial charge in [0.2, 0.25) is 0 Å². The Bertz CT molecular complexity index is 1110. The first-order chi connectivity index (χ1) is 12.7. The molecule has 2 aromatic heterocycles. The second kappa shape index (κ2) is 6.84. The Hall–Kier alpha value is -2.62. The molecule has 0 fully saturated rings. The van der Waals surface area contributed by atoms with Gasteiger partial charge in [0.1, 0.15) is 11.5 Å². The Morgan fingerprint density at radius 1 is 1.15 bits per heavy atom. The molecule has 0 aliphatic carbocycles. The number of aromatic nitrogens is 3. The lowest BCUT2D eigenvalue weighted by Gasteiger charge is -2.18. The first kappa shape index (κ1) is 19.2. The zero-order valence-electron chi connectivity index (χ0n) is 14.9. The number of anilines is 1. The Labute approximate surface area is 156 Å². The van der Waals surface area contributed by atoms with E-state index in [1.165, 1.54) is 17.6 Å². The van der Waals surface area contributed by atoms with Crippen molar-refractivity contribution in [1.29, 1.82) is 0 Å². The van der Waals surface area contributed by atoms with Crippen molar-refractivity contribution in [2.24, 2.45) is 7.05 Å². The molecular formula is C17H17F3N4O2S. The van der Waals surface area contributed by atoms with E-state index in [0.29, 0.717) is 10.6 Å². The van der Waals surface area contributed by atoms with E-state index >= 15 is 0 Å². The summed E-state index contributed by atoms with van der Waals surface area (Å²) in [5.41, 5.74) is -3.16. The lowest BCUT2D eigenvalue weighted by molar-refractivity contribution is -0.144. The lowest BCUT2D eigenvalue weighted by atomic mass is 10.2. The van der Waals surface area contributed by atoms with Gasteiger partial charge in [-0.2, -0.15) is 17.5 Å². The van der Waals surface area contributed by atoms with Crippen LogP contribution in [0.25, 0.3) is 15.8 Å². The zero-order valence-corrected chi connectivity index (χ0v) is 15.7. The van der Waals surface area contributed by atoms with E-state index in [2.05, 4.69) is 4.37 Å². The molecule has 27 heavy (non-hydrogen) atoms. The van der Waals surface area contributed by atoms with Gasteiger partial charge in [0.25, 0.3) is 5.56 Å². The number of alkyl halides is 3. The molecule has 2 heterocycles. The molecule has 0 aliphatic heterocycles. The maximum absolute atomic E-state index is 13.0. The van der Waals surface area contributed by atoms with Gasteiger partial charge >= 0.3 is 11.9 Å². The monoisotopic (exact) mass is 398 g/mol. The summed E-state index contributed by atoms with van der Waals surface area (Å²) in [5.74, 6) is 0.721. The molecule has 0 atom stereocenters. The first-order valence-corrected chi connectivity index (χ1v) is 9.01. The Balaban J connectivity index is 2.25. The smallest absolute Gasteiger partial charge is 0.356 e. The molecule has 0 aliphatic rings.